The summed E-state index contributed by atoms with van der Waals surface area (Å²) in [6.45, 7) is 3.76. The minimum atomic E-state index is -0.381. The summed E-state index contributed by atoms with van der Waals surface area (Å²) in [5, 5.41) is 12.9. The molecule has 0 radical (unpaired) electrons. The van der Waals surface area contributed by atoms with E-state index in [0.717, 1.165) is 16.3 Å². The minimum Gasteiger partial charge on any atom is -0.342 e. The number of carbonyl (C=O) groups excluding carboxylic acids is 1. The molecular weight excluding hydrogens is 310 g/mol. The molecular formula is C16H17N5OS. The molecule has 2 heterocycles. The summed E-state index contributed by atoms with van der Waals surface area (Å²) in [6, 6.07) is 9.31. The fraction of sp³-hybridized carbons (Fsp3) is 0.250. The van der Waals surface area contributed by atoms with Gasteiger partial charge in [-0.25, -0.2) is 9.97 Å². The lowest BCUT2D eigenvalue weighted by molar-refractivity contribution is -0.121. The van der Waals surface area contributed by atoms with Crippen LogP contribution in [0.25, 0.3) is 0 Å². The van der Waals surface area contributed by atoms with Gasteiger partial charge in [-0.2, -0.15) is 5.10 Å². The summed E-state index contributed by atoms with van der Waals surface area (Å²) in [6.07, 6.45) is 0.247. The van der Waals surface area contributed by atoms with Crippen LogP contribution in [0.3, 0.4) is 0 Å². The van der Waals surface area contributed by atoms with Gasteiger partial charge in [0.15, 0.2) is 5.82 Å². The number of hydrogen-bond acceptors (Lipinski definition) is 5. The summed E-state index contributed by atoms with van der Waals surface area (Å²) in [5.41, 5.74) is 1.72. The largest absolute Gasteiger partial charge is 0.342 e. The number of aromatic nitrogens is 4. The maximum atomic E-state index is 12.4. The maximum Gasteiger partial charge on any atom is 0.226 e. The van der Waals surface area contributed by atoms with Crippen molar-refractivity contribution in [3.8, 4) is 0 Å². The minimum absolute atomic E-state index is 0.105. The van der Waals surface area contributed by atoms with Gasteiger partial charge in [-0.3, -0.25) is 9.89 Å². The van der Waals surface area contributed by atoms with Crippen LogP contribution in [0.15, 0.2) is 35.7 Å². The van der Waals surface area contributed by atoms with Crippen molar-refractivity contribution in [3.05, 3.63) is 63.6 Å². The normalized spacial score (nSPS) is 12.1. The molecule has 1 aromatic carbocycles. The highest BCUT2D eigenvalue weighted by atomic mass is 32.1. The molecule has 1 atom stereocenters. The third kappa shape index (κ3) is 3.81. The monoisotopic (exact) mass is 327 g/mol. The first-order chi connectivity index (χ1) is 11.1. The highest BCUT2D eigenvalue weighted by Gasteiger charge is 2.21. The van der Waals surface area contributed by atoms with Crippen molar-refractivity contribution in [1.82, 2.24) is 25.5 Å². The third-order valence-electron chi connectivity index (χ3n) is 3.32. The predicted molar refractivity (Wildman–Crippen MR) is 88.1 cm³/mol. The van der Waals surface area contributed by atoms with Crippen molar-refractivity contribution in [2.75, 3.05) is 0 Å². The maximum absolute atomic E-state index is 12.4. The number of benzene rings is 1. The molecule has 3 rings (SSSR count). The van der Waals surface area contributed by atoms with Crippen LogP contribution in [-0.4, -0.2) is 26.1 Å². The standard InChI is InChI=1S/C16H17N5OS/c1-10-17-16(21-20-10)15(12-6-4-3-5-7-12)19-14(22)8-13-9-23-11(2)18-13/h3-7,9,15H,8H2,1-2H3,(H,19,22)(H,17,20,21)/t15-/m1/s1. The van der Waals surface area contributed by atoms with Gasteiger partial charge in [0.05, 0.1) is 17.1 Å². The molecule has 0 saturated carbocycles. The zero-order valence-electron chi connectivity index (χ0n) is 12.9. The Bertz CT molecular complexity index is 796. The lowest BCUT2D eigenvalue weighted by Gasteiger charge is -2.16. The van der Waals surface area contributed by atoms with Crippen LogP contribution in [0.2, 0.25) is 0 Å². The van der Waals surface area contributed by atoms with Crippen LogP contribution in [-0.2, 0) is 11.2 Å². The van der Waals surface area contributed by atoms with Gasteiger partial charge in [0, 0.05) is 5.38 Å². The Hall–Kier alpha value is -2.54. The van der Waals surface area contributed by atoms with E-state index in [1.807, 2.05) is 49.6 Å². The van der Waals surface area contributed by atoms with Crippen molar-refractivity contribution >= 4 is 17.2 Å². The molecule has 0 bridgehead atoms. The Balaban J connectivity index is 1.80. The molecule has 6 nitrogen and oxygen atoms in total. The van der Waals surface area contributed by atoms with Gasteiger partial charge in [-0.15, -0.1) is 11.3 Å². The summed E-state index contributed by atoms with van der Waals surface area (Å²) >= 11 is 1.54. The Morgan fingerprint density at radius 3 is 2.65 bits per heavy atom. The average Bonchev–Trinajstić information content (AvgIpc) is 3.14. The number of rotatable bonds is 5. The number of amides is 1. The van der Waals surface area contributed by atoms with E-state index >= 15 is 0 Å². The van der Waals surface area contributed by atoms with E-state index in [4.69, 9.17) is 0 Å². The molecule has 0 spiro atoms. The number of hydrogen-bond donors (Lipinski definition) is 2. The van der Waals surface area contributed by atoms with Gasteiger partial charge in [0.25, 0.3) is 0 Å². The number of nitrogens with zero attached hydrogens (tertiary/aromatic N) is 3. The van der Waals surface area contributed by atoms with E-state index in [0.29, 0.717) is 11.6 Å². The van der Waals surface area contributed by atoms with Crippen LogP contribution >= 0.6 is 11.3 Å². The quantitative estimate of drug-likeness (QED) is 0.753. The average molecular weight is 327 g/mol. The smallest absolute Gasteiger partial charge is 0.226 e. The molecule has 0 unspecified atom stereocenters. The molecule has 0 saturated heterocycles. The fourth-order valence-corrected chi connectivity index (χ4v) is 2.91. The molecule has 1 amide bonds. The van der Waals surface area contributed by atoms with Gasteiger partial charge in [-0.05, 0) is 19.4 Å². The van der Waals surface area contributed by atoms with Crippen LogP contribution < -0.4 is 5.32 Å². The highest BCUT2D eigenvalue weighted by molar-refractivity contribution is 7.09. The van der Waals surface area contributed by atoms with Crippen LogP contribution in [0.5, 0.6) is 0 Å². The topological polar surface area (TPSA) is 83.6 Å². The van der Waals surface area contributed by atoms with Crippen molar-refractivity contribution in [3.63, 3.8) is 0 Å². The molecule has 7 heteroatoms. The van der Waals surface area contributed by atoms with E-state index in [1.165, 1.54) is 0 Å². The first-order valence-corrected chi connectivity index (χ1v) is 8.14. The van der Waals surface area contributed by atoms with Gasteiger partial charge in [0.2, 0.25) is 5.91 Å². The molecule has 2 N–H and O–H groups in total. The first kappa shape index (κ1) is 15.4. The van der Waals surface area contributed by atoms with Crippen LogP contribution in [0.1, 0.15) is 34.0 Å². The second-order valence-corrected chi connectivity index (χ2v) is 6.29. The van der Waals surface area contributed by atoms with E-state index in [-0.39, 0.29) is 18.4 Å². The lowest BCUT2D eigenvalue weighted by atomic mass is 10.1. The number of nitrogens with one attached hydrogen (secondary N) is 2. The van der Waals surface area contributed by atoms with Crippen molar-refractivity contribution in [1.29, 1.82) is 0 Å². The van der Waals surface area contributed by atoms with Crippen LogP contribution in [0, 0.1) is 13.8 Å². The summed E-state index contributed by atoms with van der Waals surface area (Å²) < 4.78 is 0. The Kier molecular flexibility index (Phi) is 4.47. The number of aryl methyl sites for hydroxylation is 2. The number of thiazole rings is 1. The fourth-order valence-electron chi connectivity index (χ4n) is 2.30. The molecule has 3 aromatic rings. The zero-order chi connectivity index (χ0) is 16.2. The predicted octanol–water partition coefficient (Wildman–Crippen LogP) is 2.33. The van der Waals surface area contributed by atoms with E-state index in [9.17, 15) is 4.79 Å². The Morgan fingerprint density at radius 1 is 1.26 bits per heavy atom. The van der Waals surface area contributed by atoms with Gasteiger partial charge >= 0.3 is 0 Å². The molecule has 2 aromatic heterocycles. The summed E-state index contributed by atoms with van der Waals surface area (Å²) in [4.78, 5) is 21.1. The summed E-state index contributed by atoms with van der Waals surface area (Å²) in [7, 11) is 0. The molecule has 0 aliphatic heterocycles. The SMILES string of the molecule is Cc1nc([C@H](NC(=O)Cc2csc(C)n2)c2ccccc2)n[nH]1. The molecule has 23 heavy (non-hydrogen) atoms. The number of carbonyl (C=O) groups is 1. The van der Waals surface area contributed by atoms with Gasteiger partial charge < -0.3 is 5.32 Å². The highest BCUT2D eigenvalue weighted by Crippen LogP contribution is 2.19. The molecule has 0 fully saturated rings. The molecule has 118 valence electrons. The van der Waals surface area contributed by atoms with Gasteiger partial charge in [0.1, 0.15) is 11.9 Å². The van der Waals surface area contributed by atoms with E-state index in [1.54, 1.807) is 11.3 Å². The van der Waals surface area contributed by atoms with Crippen LogP contribution in [0.4, 0.5) is 0 Å². The van der Waals surface area contributed by atoms with Crippen molar-refractivity contribution < 1.29 is 4.79 Å². The van der Waals surface area contributed by atoms with Crippen molar-refractivity contribution in [2.24, 2.45) is 0 Å². The third-order valence-corrected chi connectivity index (χ3v) is 4.14. The number of aromatic amines is 1. The van der Waals surface area contributed by atoms with Gasteiger partial charge in [-0.1, -0.05) is 30.3 Å². The molecule has 0 aliphatic carbocycles. The van der Waals surface area contributed by atoms with Crippen molar-refractivity contribution in [2.45, 2.75) is 26.3 Å². The zero-order valence-corrected chi connectivity index (χ0v) is 13.7. The van der Waals surface area contributed by atoms with E-state index in [2.05, 4.69) is 25.5 Å². The van der Waals surface area contributed by atoms with E-state index < -0.39 is 0 Å². The Morgan fingerprint density at radius 2 is 2.04 bits per heavy atom. The second-order valence-electron chi connectivity index (χ2n) is 5.22. The summed E-state index contributed by atoms with van der Waals surface area (Å²) in [5.74, 6) is 1.16. The Labute approximate surface area is 138 Å². The first-order valence-electron chi connectivity index (χ1n) is 7.26. The number of H-pyrrole nitrogens is 1. The second kappa shape index (κ2) is 6.70. The lowest BCUT2D eigenvalue weighted by Crippen LogP contribution is -2.31. The molecule has 0 aliphatic rings.